The molecule has 10 nitrogen and oxygen atoms in total. The van der Waals surface area contributed by atoms with E-state index in [9.17, 15) is 31.2 Å². The Labute approximate surface area is 276 Å². The van der Waals surface area contributed by atoms with E-state index in [4.69, 9.17) is 16.3 Å². The quantitative estimate of drug-likeness (QED) is 0.118. The highest BCUT2D eigenvalue weighted by Crippen LogP contribution is 2.34. The van der Waals surface area contributed by atoms with Crippen molar-refractivity contribution in [2.45, 2.75) is 16.2 Å². The van der Waals surface area contributed by atoms with Crippen LogP contribution in [0.2, 0.25) is 5.02 Å². The molecule has 0 saturated heterocycles. The van der Waals surface area contributed by atoms with Gasteiger partial charge in [-0.05, 0) is 66.7 Å². The number of benzene rings is 4. The molecule has 0 aliphatic heterocycles. The zero-order valence-corrected chi connectivity index (χ0v) is 26.5. The molecule has 1 amide bonds. The molecule has 16 heteroatoms. The lowest BCUT2D eigenvalue weighted by Gasteiger charge is -2.14. The summed E-state index contributed by atoms with van der Waals surface area (Å²) in [7, 11) is -2.90. The van der Waals surface area contributed by atoms with E-state index < -0.39 is 33.6 Å². The minimum Gasteiger partial charge on any atom is -0.465 e. The summed E-state index contributed by atoms with van der Waals surface area (Å²) in [5, 5.41) is 11.4. The second-order valence-electron chi connectivity index (χ2n) is 9.70. The van der Waals surface area contributed by atoms with Crippen LogP contribution < -0.4 is 10.0 Å². The number of halogens is 4. The highest BCUT2D eigenvalue weighted by Gasteiger charge is 2.31. The van der Waals surface area contributed by atoms with Gasteiger partial charge in [-0.15, -0.1) is 10.2 Å². The molecule has 0 radical (unpaired) electrons. The van der Waals surface area contributed by atoms with Gasteiger partial charge in [-0.3, -0.25) is 14.1 Å². The lowest BCUT2D eigenvalue weighted by atomic mass is 10.1. The average molecular weight is 702 g/mol. The van der Waals surface area contributed by atoms with Crippen LogP contribution in [0.3, 0.4) is 0 Å². The van der Waals surface area contributed by atoms with Gasteiger partial charge in [0.15, 0.2) is 11.0 Å². The predicted molar refractivity (Wildman–Crippen MR) is 171 cm³/mol. The Balaban J connectivity index is 1.49. The van der Waals surface area contributed by atoms with E-state index in [1.807, 2.05) is 0 Å². The van der Waals surface area contributed by atoms with E-state index in [0.717, 1.165) is 23.9 Å². The first kappa shape index (κ1) is 33.5. The highest BCUT2D eigenvalue weighted by atomic mass is 35.5. The lowest BCUT2D eigenvalue weighted by Crippen LogP contribution is -2.17. The number of methoxy groups -OCH3 is 1. The number of sulfonamides is 1. The summed E-state index contributed by atoms with van der Waals surface area (Å²) in [5.74, 6) is -1.46. The van der Waals surface area contributed by atoms with Gasteiger partial charge < -0.3 is 10.1 Å². The Morgan fingerprint density at radius 1 is 0.936 bits per heavy atom. The molecule has 5 aromatic rings. The molecule has 0 unspecified atom stereocenters. The number of nitrogens with one attached hydrogen (secondary N) is 2. The Morgan fingerprint density at radius 2 is 1.66 bits per heavy atom. The van der Waals surface area contributed by atoms with Crippen molar-refractivity contribution < 1.29 is 35.9 Å². The number of para-hydroxylation sites is 1. The Bertz CT molecular complexity index is 2060. The fourth-order valence-corrected chi connectivity index (χ4v) is 6.32. The first-order valence-corrected chi connectivity index (χ1v) is 16.3. The van der Waals surface area contributed by atoms with Crippen LogP contribution >= 0.6 is 23.4 Å². The number of thioether (sulfide) groups is 1. The maximum atomic E-state index is 13.7. The van der Waals surface area contributed by atoms with Gasteiger partial charge >= 0.3 is 12.1 Å². The number of rotatable bonds is 10. The second-order valence-corrected chi connectivity index (χ2v) is 12.8. The van der Waals surface area contributed by atoms with Crippen LogP contribution in [-0.2, 0) is 25.7 Å². The van der Waals surface area contributed by atoms with E-state index >= 15 is 0 Å². The molecule has 0 saturated carbocycles. The SMILES string of the molecule is COC(=O)c1ccccc1NC(=O)CSc1nnc(-c2cccc(S(=O)(=O)Nc3ccc(Cl)cc3)c2)n1-c1cccc(C(F)(F)F)c1. The number of amides is 1. The predicted octanol–water partition coefficient (Wildman–Crippen LogP) is 6.92. The molecular formula is C31H23ClF3N5O5S2. The van der Waals surface area contributed by atoms with Crippen LogP contribution in [0, 0.1) is 0 Å². The Morgan fingerprint density at radius 3 is 2.38 bits per heavy atom. The van der Waals surface area contributed by atoms with E-state index in [1.54, 1.807) is 12.1 Å². The van der Waals surface area contributed by atoms with Crippen LogP contribution in [-0.4, -0.2) is 47.9 Å². The Kier molecular flexibility index (Phi) is 9.88. The molecule has 47 heavy (non-hydrogen) atoms. The van der Waals surface area contributed by atoms with Crippen LogP contribution in [0.25, 0.3) is 17.1 Å². The number of anilines is 2. The number of aromatic nitrogens is 3. The van der Waals surface area contributed by atoms with Crippen molar-refractivity contribution >= 4 is 56.6 Å². The fraction of sp³-hybridized carbons (Fsp3) is 0.0968. The van der Waals surface area contributed by atoms with Crippen molar-refractivity contribution in [2.75, 3.05) is 22.9 Å². The van der Waals surface area contributed by atoms with Gasteiger partial charge in [0.1, 0.15) is 0 Å². The van der Waals surface area contributed by atoms with Crippen molar-refractivity contribution in [3.05, 3.63) is 113 Å². The maximum absolute atomic E-state index is 13.7. The number of hydrogen-bond acceptors (Lipinski definition) is 8. The number of nitrogens with zero attached hydrogens (tertiary/aromatic N) is 3. The smallest absolute Gasteiger partial charge is 0.416 e. The summed E-state index contributed by atoms with van der Waals surface area (Å²) < 4.78 is 76.0. The number of carbonyl (C=O) groups is 2. The third-order valence-corrected chi connectivity index (χ3v) is 9.06. The van der Waals surface area contributed by atoms with Gasteiger partial charge in [-0.25, -0.2) is 13.2 Å². The van der Waals surface area contributed by atoms with E-state index in [1.165, 1.54) is 84.5 Å². The van der Waals surface area contributed by atoms with Crippen molar-refractivity contribution in [1.29, 1.82) is 0 Å². The normalized spacial score (nSPS) is 11.6. The number of esters is 1. The molecule has 0 bridgehead atoms. The van der Waals surface area contributed by atoms with Gasteiger partial charge in [0.05, 0.1) is 40.3 Å². The molecule has 0 aliphatic rings. The lowest BCUT2D eigenvalue weighted by molar-refractivity contribution is -0.137. The van der Waals surface area contributed by atoms with Crippen LogP contribution in [0.4, 0.5) is 24.5 Å². The van der Waals surface area contributed by atoms with Crippen molar-refractivity contribution in [3.8, 4) is 17.1 Å². The van der Waals surface area contributed by atoms with Gasteiger partial charge in [-0.1, -0.05) is 53.7 Å². The first-order chi connectivity index (χ1) is 22.4. The number of hydrogen-bond donors (Lipinski definition) is 2. The largest absolute Gasteiger partial charge is 0.465 e. The van der Waals surface area contributed by atoms with Crippen molar-refractivity contribution in [2.24, 2.45) is 0 Å². The molecule has 242 valence electrons. The van der Waals surface area contributed by atoms with Crippen molar-refractivity contribution in [1.82, 2.24) is 14.8 Å². The van der Waals surface area contributed by atoms with Crippen LogP contribution in [0.5, 0.6) is 0 Å². The minimum absolute atomic E-state index is 0.0197. The van der Waals surface area contributed by atoms with Crippen molar-refractivity contribution in [3.63, 3.8) is 0 Å². The van der Waals surface area contributed by atoms with Gasteiger partial charge in [0.2, 0.25) is 5.91 Å². The number of carbonyl (C=O) groups excluding carboxylic acids is 2. The standard InChI is InChI=1S/C31H23ClF3N5O5S2/c1-45-29(42)25-10-2-3-11-26(25)36-27(41)18-46-30-38-37-28(40(30)23-8-5-7-20(17-23)31(33,34)35)19-6-4-9-24(16-19)47(43,44)39-22-14-12-21(32)13-15-22/h2-17,39H,18H2,1H3,(H,36,41). The third kappa shape index (κ3) is 7.93. The van der Waals surface area contributed by atoms with Crippen LogP contribution in [0.1, 0.15) is 15.9 Å². The average Bonchev–Trinajstić information content (AvgIpc) is 3.48. The van der Waals surface area contributed by atoms with Gasteiger partial charge in [-0.2, -0.15) is 13.2 Å². The summed E-state index contributed by atoms with van der Waals surface area (Å²) in [6.45, 7) is 0. The summed E-state index contributed by atoms with van der Waals surface area (Å²) in [5.41, 5.74) is -0.105. The summed E-state index contributed by atoms with van der Waals surface area (Å²) in [6, 6.07) is 22.3. The molecule has 0 spiro atoms. The van der Waals surface area contributed by atoms with E-state index in [2.05, 4.69) is 20.2 Å². The molecule has 0 atom stereocenters. The molecule has 1 aromatic heterocycles. The monoisotopic (exact) mass is 701 g/mol. The molecular weight excluding hydrogens is 679 g/mol. The highest BCUT2D eigenvalue weighted by molar-refractivity contribution is 7.99. The third-order valence-electron chi connectivity index (χ3n) is 6.50. The molecule has 0 fully saturated rings. The number of alkyl halides is 3. The Hall–Kier alpha value is -4.86. The topological polar surface area (TPSA) is 132 Å². The number of ether oxygens (including phenoxy) is 1. The zero-order valence-electron chi connectivity index (χ0n) is 24.2. The molecule has 5 rings (SSSR count). The fourth-order valence-electron chi connectivity index (χ4n) is 4.34. The van der Waals surface area contributed by atoms with Gasteiger partial charge in [0, 0.05) is 16.3 Å². The molecule has 1 heterocycles. The molecule has 0 aliphatic carbocycles. The minimum atomic E-state index is -4.66. The van der Waals surface area contributed by atoms with E-state index in [0.29, 0.717) is 5.02 Å². The summed E-state index contributed by atoms with van der Waals surface area (Å²) in [6.07, 6.45) is -4.66. The maximum Gasteiger partial charge on any atom is 0.416 e. The summed E-state index contributed by atoms with van der Waals surface area (Å²) >= 11 is 6.76. The van der Waals surface area contributed by atoms with E-state index in [-0.39, 0.29) is 49.8 Å². The zero-order chi connectivity index (χ0) is 33.8. The summed E-state index contributed by atoms with van der Waals surface area (Å²) in [4.78, 5) is 24.9. The second kappa shape index (κ2) is 13.9. The molecule has 4 aromatic carbocycles. The first-order valence-electron chi connectivity index (χ1n) is 13.5. The van der Waals surface area contributed by atoms with Gasteiger partial charge in [0.25, 0.3) is 10.0 Å². The van der Waals surface area contributed by atoms with Crippen LogP contribution in [0.15, 0.2) is 107 Å². The molecule has 2 N–H and O–H groups in total.